The third-order valence-electron chi connectivity index (χ3n) is 2.90. The smallest absolute Gasteiger partial charge is 0.258 e. The first-order valence-corrected chi connectivity index (χ1v) is 6.12. The van der Waals surface area contributed by atoms with Gasteiger partial charge in [0.05, 0.1) is 15.4 Å². The van der Waals surface area contributed by atoms with E-state index in [0.29, 0.717) is 11.1 Å². The Kier molecular flexibility index (Phi) is 4.24. The molecule has 0 saturated heterocycles. The van der Waals surface area contributed by atoms with E-state index in [1.165, 1.54) is 30.3 Å². The molecule has 0 bridgehead atoms. The molecular formula is C15H9N3O4. The molecule has 0 unspecified atom stereocenters. The lowest BCUT2D eigenvalue weighted by Gasteiger charge is -1.99. The molecule has 0 fully saturated rings. The molecule has 2 aromatic rings. The van der Waals surface area contributed by atoms with Gasteiger partial charge in [0.1, 0.15) is 6.07 Å². The van der Waals surface area contributed by atoms with E-state index in [9.17, 15) is 20.2 Å². The van der Waals surface area contributed by atoms with Crippen LogP contribution >= 0.6 is 0 Å². The van der Waals surface area contributed by atoms with Crippen molar-refractivity contribution in [2.45, 2.75) is 0 Å². The maximum Gasteiger partial charge on any atom is 0.270 e. The standard InChI is InChI=1S/C15H9N3O4/c16-10-13-9-15(18(21)22)7-6-12(13)5-4-11-2-1-3-14(8-11)17(19)20/h1-9H/b5-4+. The van der Waals surface area contributed by atoms with Crippen molar-refractivity contribution in [3.8, 4) is 6.07 Å². The van der Waals surface area contributed by atoms with Crippen LogP contribution in [0.4, 0.5) is 11.4 Å². The lowest BCUT2D eigenvalue weighted by molar-refractivity contribution is -0.385. The average Bonchev–Trinajstić information content (AvgIpc) is 2.52. The second kappa shape index (κ2) is 6.28. The normalized spacial score (nSPS) is 10.3. The van der Waals surface area contributed by atoms with Crippen molar-refractivity contribution in [1.82, 2.24) is 0 Å². The molecule has 0 spiro atoms. The third-order valence-corrected chi connectivity index (χ3v) is 2.90. The van der Waals surface area contributed by atoms with Crippen LogP contribution in [-0.4, -0.2) is 9.85 Å². The lowest BCUT2D eigenvalue weighted by atomic mass is 10.1. The lowest BCUT2D eigenvalue weighted by Crippen LogP contribution is -1.90. The van der Waals surface area contributed by atoms with Crippen molar-refractivity contribution >= 4 is 23.5 Å². The van der Waals surface area contributed by atoms with Gasteiger partial charge < -0.3 is 0 Å². The fraction of sp³-hybridized carbons (Fsp3) is 0. The molecule has 2 rings (SSSR count). The molecule has 0 radical (unpaired) electrons. The maximum absolute atomic E-state index is 10.7. The summed E-state index contributed by atoms with van der Waals surface area (Å²) in [7, 11) is 0. The summed E-state index contributed by atoms with van der Waals surface area (Å²) in [5.41, 5.74) is 1.06. The Morgan fingerprint density at radius 2 is 1.64 bits per heavy atom. The van der Waals surface area contributed by atoms with E-state index in [0.717, 1.165) is 0 Å². The highest BCUT2D eigenvalue weighted by molar-refractivity contribution is 5.74. The Hall–Kier alpha value is -3.53. The number of rotatable bonds is 4. The number of hydrogen-bond acceptors (Lipinski definition) is 5. The third kappa shape index (κ3) is 3.32. The molecule has 22 heavy (non-hydrogen) atoms. The first-order chi connectivity index (χ1) is 10.5. The average molecular weight is 295 g/mol. The molecule has 0 amide bonds. The highest BCUT2D eigenvalue weighted by Crippen LogP contribution is 2.20. The van der Waals surface area contributed by atoms with E-state index in [4.69, 9.17) is 5.26 Å². The first-order valence-electron chi connectivity index (χ1n) is 6.12. The molecule has 0 saturated carbocycles. The van der Waals surface area contributed by atoms with Gasteiger partial charge >= 0.3 is 0 Å². The van der Waals surface area contributed by atoms with Gasteiger partial charge in [-0.05, 0) is 17.2 Å². The number of non-ortho nitro benzene ring substituents is 2. The summed E-state index contributed by atoms with van der Waals surface area (Å²) < 4.78 is 0. The predicted octanol–water partition coefficient (Wildman–Crippen LogP) is 3.55. The zero-order chi connectivity index (χ0) is 16.1. The topological polar surface area (TPSA) is 110 Å². The van der Waals surface area contributed by atoms with Crippen LogP contribution in [0.3, 0.4) is 0 Å². The highest BCUT2D eigenvalue weighted by atomic mass is 16.6. The Labute approximate surface area is 125 Å². The van der Waals surface area contributed by atoms with Gasteiger partial charge in [-0.2, -0.15) is 5.26 Å². The van der Waals surface area contributed by atoms with E-state index in [2.05, 4.69) is 0 Å². The highest BCUT2D eigenvalue weighted by Gasteiger charge is 2.09. The fourth-order valence-corrected chi connectivity index (χ4v) is 1.83. The zero-order valence-electron chi connectivity index (χ0n) is 11.2. The number of nitrogens with zero attached hydrogens (tertiary/aromatic N) is 3. The largest absolute Gasteiger partial charge is 0.270 e. The summed E-state index contributed by atoms with van der Waals surface area (Å²) in [4.78, 5) is 20.3. The molecule has 7 heteroatoms. The van der Waals surface area contributed by atoms with Crippen molar-refractivity contribution in [1.29, 1.82) is 5.26 Å². The van der Waals surface area contributed by atoms with Gasteiger partial charge in [-0.3, -0.25) is 20.2 Å². The molecule has 0 N–H and O–H groups in total. The van der Waals surface area contributed by atoms with E-state index >= 15 is 0 Å². The molecule has 108 valence electrons. The monoisotopic (exact) mass is 295 g/mol. The van der Waals surface area contributed by atoms with Crippen LogP contribution in [0.1, 0.15) is 16.7 Å². The van der Waals surface area contributed by atoms with Crippen LogP contribution in [0.2, 0.25) is 0 Å². The quantitative estimate of drug-likeness (QED) is 0.486. The van der Waals surface area contributed by atoms with Crippen LogP contribution in [0.15, 0.2) is 42.5 Å². The van der Waals surface area contributed by atoms with Gasteiger partial charge in [0.2, 0.25) is 0 Å². The van der Waals surface area contributed by atoms with Gasteiger partial charge in [-0.1, -0.05) is 24.3 Å². The van der Waals surface area contributed by atoms with Crippen LogP contribution < -0.4 is 0 Å². The van der Waals surface area contributed by atoms with E-state index < -0.39 is 9.85 Å². The maximum atomic E-state index is 10.7. The van der Waals surface area contributed by atoms with E-state index in [-0.39, 0.29) is 16.9 Å². The van der Waals surface area contributed by atoms with Gasteiger partial charge in [0.15, 0.2) is 0 Å². The van der Waals surface area contributed by atoms with Crippen LogP contribution in [-0.2, 0) is 0 Å². The van der Waals surface area contributed by atoms with E-state index in [1.807, 2.05) is 6.07 Å². The van der Waals surface area contributed by atoms with Gasteiger partial charge in [0.25, 0.3) is 11.4 Å². The summed E-state index contributed by atoms with van der Waals surface area (Å²) in [6.07, 6.45) is 3.19. The van der Waals surface area contributed by atoms with Gasteiger partial charge in [-0.15, -0.1) is 0 Å². The Morgan fingerprint density at radius 3 is 2.27 bits per heavy atom. The number of hydrogen-bond donors (Lipinski definition) is 0. The SMILES string of the molecule is N#Cc1cc([N+](=O)[O-])ccc1/C=C/c1cccc([N+](=O)[O-])c1. The summed E-state index contributed by atoms with van der Waals surface area (Å²) in [6.45, 7) is 0. The van der Waals surface area contributed by atoms with E-state index in [1.54, 1.807) is 24.3 Å². The molecule has 0 aliphatic rings. The van der Waals surface area contributed by atoms with Crippen LogP contribution in [0.25, 0.3) is 12.2 Å². The molecule has 7 nitrogen and oxygen atoms in total. The Balaban J connectivity index is 2.34. The Bertz CT molecular complexity index is 822. The van der Waals surface area contributed by atoms with Gasteiger partial charge in [0, 0.05) is 24.3 Å². The van der Waals surface area contributed by atoms with Crippen LogP contribution in [0, 0.1) is 31.6 Å². The van der Waals surface area contributed by atoms with Gasteiger partial charge in [-0.25, -0.2) is 0 Å². The summed E-state index contributed by atoms with van der Waals surface area (Å²) in [5, 5.41) is 30.4. The van der Waals surface area contributed by atoms with Crippen molar-refractivity contribution < 1.29 is 9.85 Å². The molecule has 0 atom stereocenters. The van der Waals surface area contributed by atoms with Crippen molar-refractivity contribution in [3.05, 3.63) is 79.4 Å². The first kappa shape index (κ1) is 14.9. The molecule has 2 aromatic carbocycles. The summed E-state index contributed by atoms with van der Waals surface area (Å²) in [5.74, 6) is 0. The van der Waals surface area contributed by atoms with Crippen molar-refractivity contribution in [3.63, 3.8) is 0 Å². The summed E-state index contributed by atoms with van der Waals surface area (Å²) >= 11 is 0. The zero-order valence-corrected chi connectivity index (χ0v) is 11.2. The molecule has 0 aromatic heterocycles. The number of nitro groups is 2. The minimum atomic E-state index is -0.575. The Morgan fingerprint density at radius 1 is 0.955 bits per heavy atom. The van der Waals surface area contributed by atoms with Crippen molar-refractivity contribution in [2.75, 3.05) is 0 Å². The number of nitro benzene ring substituents is 2. The summed E-state index contributed by atoms with van der Waals surface area (Å²) in [6, 6.07) is 11.9. The minimum absolute atomic E-state index is 0.0358. The molecule has 0 heterocycles. The second-order valence-corrected chi connectivity index (χ2v) is 4.33. The predicted molar refractivity (Wildman–Crippen MR) is 79.8 cm³/mol. The second-order valence-electron chi connectivity index (χ2n) is 4.33. The minimum Gasteiger partial charge on any atom is -0.258 e. The molecular weight excluding hydrogens is 286 g/mol. The number of benzene rings is 2. The fourth-order valence-electron chi connectivity index (χ4n) is 1.83. The van der Waals surface area contributed by atoms with Crippen molar-refractivity contribution in [2.24, 2.45) is 0 Å². The molecule has 0 aliphatic heterocycles. The molecule has 0 aliphatic carbocycles. The number of nitriles is 1. The van der Waals surface area contributed by atoms with Crippen LogP contribution in [0.5, 0.6) is 0 Å².